The van der Waals surface area contributed by atoms with Crippen molar-refractivity contribution in [1.29, 1.82) is 0 Å². The number of hydrogen-bond donors (Lipinski definition) is 2. The number of carbonyl (C=O) groups is 2. The molecule has 0 aromatic carbocycles. The molecule has 2 N–H and O–H groups in total. The zero-order valence-corrected chi connectivity index (χ0v) is 29.5. The molecule has 0 bridgehead atoms. The zero-order valence-electron chi connectivity index (χ0n) is 28.6. The average Bonchev–Trinajstić information content (AvgIpc) is 2.98. The lowest BCUT2D eigenvalue weighted by atomic mass is 10.0. The zero-order chi connectivity index (χ0) is 32.6. The second-order valence-electron chi connectivity index (χ2n) is 12.6. The average molecular weight is 649 g/mol. The Kier molecular flexibility index (Phi) is 31.3. The molecule has 0 unspecified atom stereocenters. The monoisotopic (exact) mass is 648 g/mol. The van der Waals surface area contributed by atoms with Gasteiger partial charge in [-0.3, -0.25) is 14.1 Å². The summed E-state index contributed by atoms with van der Waals surface area (Å²) >= 11 is 0. The molecule has 0 heterocycles. The van der Waals surface area contributed by atoms with E-state index in [2.05, 4.69) is 11.4 Å². The highest BCUT2D eigenvalue weighted by Gasteiger charge is 2.22. The van der Waals surface area contributed by atoms with Crippen molar-refractivity contribution >= 4 is 19.8 Å². The smallest absolute Gasteiger partial charge is 0.462 e. The van der Waals surface area contributed by atoms with Gasteiger partial charge in [-0.1, -0.05) is 168 Å². The van der Waals surface area contributed by atoms with E-state index in [4.69, 9.17) is 19.3 Å². The molecule has 1 atom stereocenters. The molecule has 0 saturated heterocycles. The predicted molar refractivity (Wildman–Crippen MR) is 179 cm³/mol. The quantitative estimate of drug-likeness (QED) is 0.0402. The van der Waals surface area contributed by atoms with Gasteiger partial charge in [0.2, 0.25) is 0 Å². The van der Waals surface area contributed by atoms with Crippen molar-refractivity contribution in [3.63, 3.8) is 0 Å². The van der Waals surface area contributed by atoms with Crippen molar-refractivity contribution in [3.05, 3.63) is 0 Å². The van der Waals surface area contributed by atoms with Crippen molar-refractivity contribution < 1.29 is 37.9 Å². The number of hydrogen-bond acceptors (Lipinski definition) is 6. The van der Waals surface area contributed by atoms with Crippen LogP contribution in [0.3, 0.4) is 0 Å². The largest absolute Gasteiger partial charge is 0.469 e. The molecule has 0 aliphatic heterocycles. The fourth-order valence-corrected chi connectivity index (χ4v) is 5.77. The minimum absolute atomic E-state index is 0.167. The SMILES string of the molecule is CCCCCCCCCCCCCCCCCCCCCCCCCCCC(=O)OC[C@H](COP(=O)(O)O)OC(=O)CCC. The summed E-state index contributed by atoms with van der Waals surface area (Å²) in [7, 11) is -4.71. The highest BCUT2D eigenvalue weighted by atomic mass is 31.2. The van der Waals surface area contributed by atoms with Crippen LogP contribution in [0, 0.1) is 0 Å². The molecular formula is C35H69O8P. The van der Waals surface area contributed by atoms with Crippen LogP contribution < -0.4 is 0 Å². The van der Waals surface area contributed by atoms with E-state index in [9.17, 15) is 14.2 Å². The van der Waals surface area contributed by atoms with E-state index in [1.54, 1.807) is 0 Å². The summed E-state index contributed by atoms with van der Waals surface area (Å²) in [5.41, 5.74) is 0. The molecule has 262 valence electrons. The Hall–Kier alpha value is -0.950. The van der Waals surface area contributed by atoms with Gasteiger partial charge in [-0.2, -0.15) is 0 Å². The third kappa shape index (κ3) is 33.9. The molecular weight excluding hydrogens is 579 g/mol. The first kappa shape index (κ1) is 43.0. The van der Waals surface area contributed by atoms with Gasteiger partial charge in [0, 0.05) is 12.8 Å². The number of ether oxygens (including phenoxy) is 2. The van der Waals surface area contributed by atoms with E-state index < -0.39 is 32.5 Å². The second-order valence-corrected chi connectivity index (χ2v) is 13.8. The first-order chi connectivity index (χ1) is 21.3. The van der Waals surface area contributed by atoms with Crippen molar-refractivity contribution in [2.45, 2.75) is 200 Å². The van der Waals surface area contributed by atoms with Crippen LogP contribution in [0.15, 0.2) is 0 Å². The maximum atomic E-state index is 12.0. The Bertz CT molecular complexity index is 696. The lowest BCUT2D eigenvalue weighted by molar-refractivity contribution is -0.161. The van der Waals surface area contributed by atoms with Crippen LogP contribution in [0.1, 0.15) is 194 Å². The fourth-order valence-electron chi connectivity index (χ4n) is 5.41. The Balaban J connectivity index is 3.47. The van der Waals surface area contributed by atoms with Crippen LogP contribution in [-0.4, -0.2) is 41.0 Å². The van der Waals surface area contributed by atoms with E-state index in [-0.39, 0.29) is 19.4 Å². The van der Waals surface area contributed by atoms with E-state index in [0.717, 1.165) is 19.3 Å². The molecule has 0 aliphatic carbocycles. The van der Waals surface area contributed by atoms with Crippen molar-refractivity contribution in [2.24, 2.45) is 0 Å². The summed E-state index contributed by atoms with van der Waals surface area (Å²) in [4.78, 5) is 41.5. The minimum atomic E-state index is -4.71. The highest BCUT2D eigenvalue weighted by Crippen LogP contribution is 2.35. The molecule has 0 aliphatic rings. The molecule has 0 amide bonds. The lowest BCUT2D eigenvalue weighted by Gasteiger charge is -2.18. The van der Waals surface area contributed by atoms with Gasteiger partial charge >= 0.3 is 19.8 Å². The van der Waals surface area contributed by atoms with Crippen LogP contribution in [-0.2, 0) is 28.2 Å². The predicted octanol–water partition coefficient (Wildman–Crippen LogP) is 10.5. The van der Waals surface area contributed by atoms with Crippen LogP contribution >= 0.6 is 7.82 Å². The van der Waals surface area contributed by atoms with Gasteiger partial charge in [-0.05, 0) is 12.8 Å². The standard InChI is InChI=1S/C35H69O8P/c1-3-5-6-7-8-9-10-11-12-13-14-15-16-17-18-19-20-21-22-23-24-25-26-27-28-30-34(36)41-31-33(32-42-44(38,39)40)43-35(37)29-4-2/h33H,3-32H2,1-2H3,(H2,38,39,40)/t33-/m1/s1. The molecule has 0 aromatic rings. The summed E-state index contributed by atoms with van der Waals surface area (Å²) in [6.45, 7) is 3.27. The number of carbonyl (C=O) groups excluding carboxylic acids is 2. The van der Waals surface area contributed by atoms with E-state index in [1.807, 2.05) is 6.92 Å². The first-order valence-electron chi connectivity index (χ1n) is 18.3. The van der Waals surface area contributed by atoms with Crippen LogP contribution in [0.2, 0.25) is 0 Å². The molecule has 9 heteroatoms. The number of unbranched alkanes of at least 4 members (excludes halogenated alkanes) is 24. The highest BCUT2D eigenvalue weighted by molar-refractivity contribution is 7.46. The van der Waals surface area contributed by atoms with Crippen LogP contribution in [0.25, 0.3) is 0 Å². The van der Waals surface area contributed by atoms with E-state index in [1.165, 1.54) is 141 Å². The van der Waals surface area contributed by atoms with Gasteiger partial charge < -0.3 is 19.3 Å². The molecule has 0 fully saturated rings. The number of phosphoric ester groups is 1. The van der Waals surface area contributed by atoms with Crippen molar-refractivity contribution in [3.8, 4) is 0 Å². The van der Waals surface area contributed by atoms with E-state index >= 15 is 0 Å². The van der Waals surface area contributed by atoms with Gasteiger partial charge in [0.15, 0.2) is 6.10 Å². The third-order valence-corrected chi connectivity index (χ3v) is 8.58. The van der Waals surface area contributed by atoms with Crippen molar-refractivity contribution in [2.75, 3.05) is 13.2 Å². The van der Waals surface area contributed by atoms with Gasteiger partial charge in [0.1, 0.15) is 6.61 Å². The first-order valence-corrected chi connectivity index (χ1v) is 19.9. The summed E-state index contributed by atoms with van der Waals surface area (Å²) in [6.07, 6.45) is 33.2. The van der Waals surface area contributed by atoms with Crippen molar-refractivity contribution in [1.82, 2.24) is 0 Å². The molecule has 8 nitrogen and oxygen atoms in total. The molecule has 44 heavy (non-hydrogen) atoms. The second kappa shape index (κ2) is 32.0. The maximum absolute atomic E-state index is 12.0. The number of rotatable bonds is 34. The Morgan fingerprint density at radius 1 is 0.500 bits per heavy atom. The third-order valence-electron chi connectivity index (χ3n) is 8.10. The Labute approximate surface area is 270 Å². The molecule has 0 spiro atoms. The van der Waals surface area contributed by atoms with Gasteiger partial charge in [0.25, 0.3) is 0 Å². The van der Waals surface area contributed by atoms with Gasteiger partial charge in [-0.15, -0.1) is 0 Å². The summed E-state index contributed by atoms with van der Waals surface area (Å²) < 4.78 is 25.6. The molecule has 0 radical (unpaired) electrons. The number of phosphoric acid groups is 1. The summed E-state index contributed by atoms with van der Waals surface area (Å²) in [6, 6.07) is 0. The number of esters is 2. The summed E-state index contributed by atoms with van der Waals surface area (Å²) in [5, 5.41) is 0. The Morgan fingerprint density at radius 3 is 1.20 bits per heavy atom. The minimum Gasteiger partial charge on any atom is -0.462 e. The van der Waals surface area contributed by atoms with Crippen LogP contribution in [0.4, 0.5) is 0 Å². The van der Waals surface area contributed by atoms with Crippen LogP contribution in [0.5, 0.6) is 0 Å². The Morgan fingerprint density at radius 2 is 0.864 bits per heavy atom. The molecule has 0 aromatic heterocycles. The summed E-state index contributed by atoms with van der Waals surface area (Å²) in [5.74, 6) is -0.935. The topological polar surface area (TPSA) is 119 Å². The normalized spacial score (nSPS) is 12.4. The lowest BCUT2D eigenvalue weighted by Crippen LogP contribution is -2.29. The molecule has 0 rings (SSSR count). The van der Waals surface area contributed by atoms with Gasteiger partial charge in [-0.25, -0.2) is 4.57 Å². The molecule has 0 saturated carbocycles. The van der Waals surface area contributed by atoms with Gasteiger partial charge in [0.05, 0.1) is 6.61 Å². The van der Waals surface area contributed by atoms with E-state index in [0.29, 0.717) is 6.42 Å². The maximum Gasteiger partial charge on any atom is 0.469 e. The fraction of sp³-hybridized carbons (Fsp3) is 0.943.